The Morgan fingerprint density at radius 2 is 1.86 bits per heavy atom. The predicted octanol–water partition coefficient (Wildman–Crippen LogP) is 5.61. The van der Waals surface area contributed by atoms with E-state index in [2.05, 4.69) is 15.9 Å². The summed E-state index contributed by atoms with van der Waals surface area (Å²) in [5.41, 5.74) is 3.80. The van der Waals surface area contributed by atoms with Crippen molar-refractivity contribution in [3.63, 3.8) is 0 Å². The largest absolute Gasteiger partial charge is 0.383 e. The summed E-state index contributed by atoms with van der Waals surface area (Å²) in [5.74, 6) is 0.338. The highest BCUT2D eigenvalue weighted by atomic mass is 79.9. The van der Waals surface area contributed by atoms with Crippen LogP contribution in [-0.4, -0.2) is 40.6 Å². The van der Waals surface area contributed by atoms with Gasteiger partial charge >= 0.3 is 0 Å². The summed E-state index contributed by atoms with van der Waals surface area (Å²) < 4.78 is 7.78. The zero-order chi connectivity index (χ0) is 25.1. The van der Waals surface area contributed by atoms with E-state index < -0.39 is 6.04 Å². The summed E-state index contributed by atoms with van der Waals surface area (Å²) in [6.07, 6.45) is 0. The molecule has 7 heteroatoms. The molecule has 0 aliphatic rings. The molecule has 0 aliphatic carbocycles. The van der Waals surface area contributed by atoms with Gasteiger partial charge in [-0.15, -0.1) is 0 Å². The number of ether oxygens (including phenoxy) is 1. The van der Waals surface area contributed by atoms with Crippen molar-refractivity contribution in [2.45, 2.75) is 26.8 Å². The Morgan fingerprint density at radius 1 is 1.09 bits per heavy atom. The minimum atomic E-state index is -0.505. The highest BCUT2D eigenvalue weighted by Crippen LogP contribution is 2.26. The molecule has 3 aromatic carbocycles. The Labute approximate surface area is 213 Å². The van der Waals surface area contributed by atoms with Gasteiger partial charge in [0.1, 0.15) is 5.82 Å². The van der Waals surface area contributed by atoms with Gasteiger partial charge in [0.15, 0.2) is 0 Å². The van der Waals surface area contributed by atoms with Crippen molar-refractivity contribution in [1.29, 1.82) is 0 Å². The molecule has 4 aromatic rings. The molecule has 0 aliphatic heterocycles. The first-order chi connectivity index (χ1) is 16.8. The van der Waals surface area contributed by atoms with Gasteiger partial charge < -0.3 is 9.64 Å². The fourth-order valence-electron chi connectivity index (χ4n) is 4.31. The molecule has 0 N–H and O–H groups in total. The van der Waals surface area contributed by atoms with Gasteiger partial charge in [0.2, 0.25) is 0 Å². The van der Waals surface area contributed by atoms with Crippen LogP contribution < -0.4 is 5.56 Å². The van der Waals surface area contributed by atoms with Gasteiger partial charge in [-0.05, 0) is 62.7 Å². The second kappa shape index (κ2) is 10.5. The van der Waals surface area contributed by atoms with Crippen molar-refractivity contribution < 1.29 is 9.53 Å². The van der Waals surface area contributed by atoms with Gasteiger partial charge in [-0.25, -0.2) is 4.98 Å². The molecular weight excluding hydrogens is 506 g/mol. The summed E-state index contributed by atoms with van der Waals surface area (Å²) in [7, 11) is 1.60. The molecule has 35 heavy (non-hydrogen) atoms. The molecule has 1 unspecified atom stereocenters. The Kier molecular flexibility index (Phi) is 7.48. The van der Waals surface area contributed by atoms with Crippen LogP contribution in [0.15, 0.2) is 76.0 Å². The Hall–Kier alpha value is -3.29. The van der Waals surface area contributed by atoms with E-state index in [-0.39, 0.29) is 11.5 Å². The van der Waals surface area contributed by atoms with Crippen molar-refractivity contribution in [1.82, 2.24) is 14.5 Å². The van der Waals surface area contributed by atoms with Crippen LogP contribution in [0.4, 0.5) is 0 Å². The molecule has 0 saturated carbocycles. The highest BCUT2D eigenvalue weighted by Gasteiger charge is 2.28. The van der Waals surface area contributed by atoms with E-state index in [4.69, 9.17) is 9.72 Å². The first-order valence-corrected chi connectivity index (χ1v) is 12.3. The average molecular weight is 534 g/mol. The van der Waals surface area contributed by atoms with E-state index in [0.29, 0.717) is 35.4 Å². The number of aromatic nitrogens is 2. The van der Waals surface area contributed by atoms with Gasteiger partial charge in [0.25, 0.3) is 11.5 Å². The lowest BCUT2D eigenvalue weighted by Gasteiger charge is -2.31. The van der Waals surface area contributed by atoms with Crippen molar-refractivity contribution >= 4 is 32.7 Å². The van der Waals surface area contributed by atoms with Crippen molar-refractivity contribution in [2.24, 2.45) is 0 Å². The van der Waals surface area contributed by atoms with Gasteiger partial charge in [-0.2, -0.15) is 0 Å². The number of rotatable bonds is 7. The lowest BCUT2D eigenvalue weighted by atomic mass is 10.1. The van der Waals surface area contributed by atoms with Gasteiger partial charge in [0, 0.05) is 23.7 Å². The second-order valence-electron chi connectivity index (χ2n) is 8.60. The summed E-state index contributed by atoms with van der Waals surface area (Å²) >= 11 is 3.45. The van der Waals surface area contributed by atoms with Crippen molar-refractivity contribution in [2.75, 3.05) is 20.3 Å². The van der Waals surface area contributed by atoms with Crippen LogP contribution in [0.2, 0.25) is 0 Å². The third-order valence-electron chi connectivity index (χ3n) is 6.10. The number of halogens is 1. The fourth-order valence-corrected chi connectivity index (χ4v) is 4.71. The molecule has 0 saturated heterocycles. The second-order valence-corrected chi connectivity index (χ2v) is 9.51. The number of nitrogens with zero attached hydrogens (tertiary/aromatic N) is 3. The number of carbonyl (C=O) groups excluding carboxylic acids is 1. The Balaban J connectivity index is 1.93. The minimum absolute atomic E-state index is 0.161. The first-order valence-electron chi connectivity index (χ1n) is 11.5. The van der Waals surface area contributed by atoms with E-state index in [1.165, 1.54) is 0 Å². The monoisotopic (exact) mass is 533 g/mol. The number of hydrogen-bond acceptors (Lipinski definition) is 4. The number of hydrogen-bond donors (Lipinski definition) is 0. The molecule has 0 bridgehead atoms. The lowest BCUT2D eigenvalue weighted by Crippen LogP contribution is -2.39. The van der Waals surface area contributed by atoms with Crippen LogP contribution in [0.1, 0.15) is 40.3 Å². The number of para-hydroxylation sites is 1. The molecule has 0 spiro atoms. The summed E-state index contributed by atoms with van der Waals surface area (Å²) in [5, 5.41) is 0.533. The topological polar surface area (TPSA) is 64.4 Å². The van der Waals surface area contributed by atoms with E-state index in [0.717, 1.165) is 21.3 Å². The van der Waals surface area contributed by atoms with Crippen molar-refractivity contribution in [3.8, 4) is 5.69 Å². The molecule has 0 fully saturated rings. The number of aryl methyl sites for hydroxylation is 2. The van der Waals surface area contributed by atoms with E-state index in [9.17, 15) is 9.59 Å². The minimum Gasteiger partial charge on any atom is -0.383 e. The number of methoxy groups -OCH3 is 1. The van der Waals surface area contributed by atoms with Crippen LogP contribution in [0, 0.1) is 13.8 Å². The van der Waals surface area contributed by atoms with Crippen LogP contribution in [0.5, 0.6) is 0 Å². The Morgan fingerprint density at radius 3 is 2.57 bits per heavy atom. The molecule has 1 atom stereocenters. The molecule has 1 heterocycles. The molecule has 1 aromatic heterocycles. The molecular formula is C28H28BrN3O3. The van der Waals surface area contributed by atoms with E-state index in [1.807, 2.05) is 69.3 Å². The van der Waals surface area contributed by atoms with Crippen LogP contribution >= 0.6 is 15.9 Å². The van der Waals surface area contributed by atoms with Crippen LogP contribution in [0.3, 0.4) is 0 Å². The molecule has 6 nitrogen and oxygen atoms in total. The van der Waals surface area contributed by atoms with Crippen LogP contribution in [0.25, 0.3) is 16.6 Å². The number of amides is 1. The molecule has 4 rings (SSSR count). The summed E-state index contributed by atoms with van der Waals surface area (Å²) in [6.45, 7) is 6.60. The zero-order valence-electron chi connectivity index (χ0n) is 20.3. The molecule has 0 radical (unpaired) electrons. The number of carbonyl (C=O) groups is 1. The Bertz CT molecular complexity index is 1450. The number of fused-ring (bicyclic) bond motifs is 1. The van der Waals surface area contributed by atoms with Crippen molar-refractivity contribution in [3.05, 3.63) is 104 Å². The normalized spacial score (nSPS) is 12.0. The molecule has 180 valence electrons. The van der Waals surface area contributed by atoms with E-state index in [1.54, 1.807) is 34.8 Å². The van der Waals surface area contributed by atoms with Gasteiger partial charge in [-0.1, -0.05) is 51.8 Å². The summed E-state index contributed by atoms with van der Waals surface area (Å²) in [4.78, 5) is 34.1. The average Bonchev–Trinajstić information content (AvgIpc) is 2.84. The quantitative estimate of drug-likeness (QED) is 0.309. The standard InChI is InChI=1S/C28H28BrN3O3/c1-18-12-13-25(19(2)16-18)32-26(30-24-11-6-5-10-23(24)28(32)34)20(3)31(14-15-35-4)27(33)21-8-7-9-22(29)17-21/h5-13,16-17,20H,14-15H2,1-4H3. The smallest absolute Gasteiger partial charge is 0.266 e. The van der Waals surface area contributed by atoms with Gasteiger partial charge in [0.05, 0.1) is 29.2 Å². The summed E-state index contributed by atoms with van der Waals surface area (Å²) in [6, 6.07) is 20.0. The first kappa shape index (κ1) is 24.8. The SMILES string of the molecule is COCCN(C(=O)c1cccc(Br)c1)C(C)c1nc2ccccc2c(=O)n1-c1ccc(C)cc1C. The van der Waals surface area contributed by atoms with Crippen LogP contribution in [-0.2, 0) is 4.74 Å². The maximum absolute atomic E-state index is 13.8. The van der Waals surface area contributed by atoms with Gasteiger partial charge in [-0.3, -0.25) is 14.2 Å². The third kappa shape index (κ3) is 5.06. The van der Waals surface area contributed by atoms with E-state index >= 15 is 0 Å². The highest BCUT2D eigenvalue weighted by molar-refractivity contribution is 9.10. The maximum atomic E-state index is 13.8. The zero-order valence-corrected chi connectivity index (χ0v) is 21.9. The fraction of sp³-hybridized carbons (Fsp3) is 0.250. The number of benzene rings is 3. The lowest BCUT2D eigenvalue weighted by molar-refractivity contribution is 0.0605. The predicted molar refractivity (Wildman–Crippen MR) is 142 cm³/mol. The molecule has 1 amide bonds. The third-order valence-corrected chi connectivity index (χ3v) is 6.60. The maximum Gasteiger partial charge on any atom is 0.266 e.